The second-order valence-corrected chi connectivity index (χ2v) is 9.79. The van der Waals surface area contributed by atoms with Gasteiger partial charge in [0, 0.05) is 31.6 Å². The summed E-state index contributed by atoms with van der Waals surface area (Å²) in [5.74, 6) is 0.281. The zero-order chi connectivity index (χ0) is 19.4. The third kappa shape index (κ3) is 5.28. The lowest BCUT2D eigenvalue weighted by Crippen LogP contribution is -2.48. The third-order valence-corrected chi connectivity index (χ3v) is 7.27. The summed E-state index contributed by atoms with van der Waals surface area (Å²) in [5, 5.41) is 3.01. The van der Waals surface area contributed by atoms with Crippen LogP contribution in [0.4, 0.5) is 0 Å². The molecule has 1 aliphatic rings. The molecule has 0 saturated carbocycles. The Balaban J connectivity index is 1.82. The van der Waals surface area contributed by atoms with Crippen LogP contribution in [0.5, 0.6) is 0 Å². The van der Waals surface area contributed by atoms with Crippen molar-refractivity contribution in [2.75, 3.05) is 33.7 Å². The van der Waals surface area contributed by atoms with Crippen molar-refractivity contribution in [1.29, 1.82) is 0 Å². The molecule has 0 bridgehead atoms. The maximum Gasteiger partial charge on any atom is 0.243 e. The average Bonchev–Trinajstić information content (AvgIpc) is 2.61. The van der Waals surface area contributed by atoms with Crippen molar-refractivity contribution in [3.05, 3.63) is 30.3 Å². The Kier molecular flexibility index (Phi) is 6.82. The van der Waals surface area contributed by atoms with E-state index in [9.17, 15) is 13.2 Å². The van der Waals surface area contributed by atoms with Crippen molar-refractivity contribution >= 4 is 15.9 Å². The summed E-state index contributed by atoms with van der Waals surface area (Å²) in [7, 11) is 0.564. The lowest BCUT2D eigenvalue weighted by molar-refractivity contribution is -0.122. The summed E-state index contributed by atoms with van der Waals surface area (Å²) in [4.78, 5) is 14.6. The van der Waals surface area contributed by atoms with Crippen LogP contribution in [0, 0.1) is 5.92 Å². The van der Waals surface area contributed by atoms with Gasteiger partial charge in [0.25, 0.3) is 0 Å². The number of likely N-dealkylation sites (N-methyl/N-ethyl adjacent to an activating group) is 1. The number of hydrogen-bond acceptors (Lipinski definition) is 4. The lowest BCUT2D eigenvalue weighted by atomic mass is 9.94. The summed E-state index contributed by atoms with van der Waals surface area (Å²) in [5.41, 5.74) is -0.0945. The SMILES string of the molecule is CN(C)C(C)(C)CNC(=O)CC1CCN(S(=O)(=O)c2ccccc2)CC1. The first-order valence-electron chi connectivity index (χ1n) is 9.12. The van der Waals surface area contributed by atoms with Gasteiger partial charge in [0.05, 0.1) is 4.90 Å². The van der Waals surface area contributed by atoms with Gasteiger partial charge in [-0.05, 0) is 58.8 Å². The molecule has 0 unspecified atom stereocenters. The average molecular weight is 382 g/mol. The standard InChI is InChI=1S/C19H31N3O3S/c1-19(2,21(3)4)15-20-18(23)14-16-10-12-22(13-11-16)26(24,25)17-8-6-5-7-9-17/h5-9,16H,10-15H2,1-4H3,(H,20,23). The van der Waals surface area contributed by atoms with E-state index in [-0.39, 0.29) is 17.4 Å². The van der Waals surface area contributed by atoms with Crippen molar-refractivity contribution < 1.29 is 13.2 Å². The number of carbonyl (C=O) groups is 1. The molecular weight excluding hydrogens is 350 g/mol. The van der Waals surface area contributed by atoms with Crippen LogP contribution >= 0.6 is 0 Å². The van der Waals surface area contributed by atoms with Crippen molar-refractivity contribution in [3.63, 3.8) is 0 Å². The van der Waals surface area contributed by atoms with Crippen molar-refractivity contribution in [2.24, 2.45) is 5.92 Å². The van der Waals surface area contributed by atoms with E-state index in [1.54, 1.807) is 30.3 Å². The van der Waals surface area contributed by atoms with E-state index >= 15 is 0 Å². The number of sulfonamides is 1. The fourth-order valence-electron chi connectivity index (χ4n) is 2.90. The maximum atomic E-state index is 12.6. The highest BCUT2D eigenvalue weighted by atomic mass is 32.2. The second-order valence-electron chi connectivity index (χ2n) is 7.85. The number of hydrogen-bond donors (Lipinski definition) is 1. The summed E-state index contributed by atoms with van der Waals surface area (Å²) in [6.45, 7) is 5.71. The molecule has 1 aromatic carbocycles. The summed E-state index contributed by atoms with van der Waals surface area (Å²) < 4.78 is 26.8. The molecule has 0 radical (unpaired) electrons. The first-order chi connectivity index (χ1) is 12.1. The van der Waals surface area contributed by atoms with Crippen LogP contribution in [0.25, 0.3) is 0 Å². The van der Waals surface area contributed by atoms with Crippen LogP contribution in [-0.2, 0) is 14.8 Å². The van der Waals surface area contributed by atoms with Crippen LogP contribution < -0.4 is 5.32 Å². The van der Waals surface area contributed by atoms with Gasteiger partial charge in [0.15, 0.2) is 0 Å². The lowest BCUT2D eigenvalue weighted by Gasteiger charge is -2.33. The molecule has 1 fully saturated rings. The molecule has 0 aromatic heterocycles. The van der Waals surface area contributed by atoms with Gasteiger partial charge in [-0.25, -0.2) is 8.42 Å². The Hall–Kier alpha value is -1.44. The number of piperidine rings is 1. The summed E-state index contributed by atoms with van der Waals surface area (Å²) in [6, 6.07) is 8.53. The van der Waals surface area contributed by atoms with E-state index in [0.29, 0.717) is 31.0 Å². The minimum Gasteiger partial charge on any atom is -0.354 e. The van der Waals surface area contributed by atoms with Gasteiger partial charge in [-0.3, -0.25) is 4.79 Å². The van der Waals surface area contributed by atoms with Crippen molar-refractivity contribution in [2.45, 2.75) is 43.5 Å². The molecule has 1 saturated heterocycles. The molecule has 1 aliphatic heterocycles. The molecular formula is C19H31N3O3S. The van der Waals surface area contributed by atoms with Crippen LogP contribution in [-0.4, -0.2) is 62.8 Å². The van der Waals surface area contributed by atoms with E-state index in [4.69, 9.17) is 0 Å². The number of carbonyl (C=O) groups excluding carboxylic acids is 1. The van der Waals surface area contributed by atoms with E-state index in [0.717, 1.165) is 12.8 Å². The molecule has 1 heterocycles. The predicted molar refractivity (Wildman–Crippen MR) is 103 cm³/mol. The van der Waals surface area contributed by atoms with Crippen LogP contribution in [0.3, 0.4) is 0 Å². The maximum absolute atomic E-state index is 12.6. The van der Waals surface area contributed by atoms with Gasteiger partial charge < -0.3 is 10.2 Å². The summed E-state index contributed by atoms with van der Waals surface area (Å²) in [6.07, 6.45) is 1.90. The molecule has 2 rings (SSSR count). The number of nitrogens with zero attached hydrogens (tertiary/aromatic N) is 2. The van der Waals surface area contributed by atoms with Gasteiger partial charge >= 0.3 is 0 Å². The van der Waals surface area contributed by atoms with Gasteiger partial charge in [0.1, 0.15) is 0 Å². The van der Waals surface area contributed by atoms with Gasteiger partial charge in [-0.15, -0.1) is 0 Å². The van der Waals surface area contributed by atoms with Crippen LogP contribution in [0.1, 0.15) is 33.1 Å². The van der Waals surface area contributed by atoms with E-state index in [1.807, 2.05) is 14.1 Å². The monoisotopic (exact) mass is 381 g/mol. The molecule has 26 heavy (non-hydrogen) atoms. The number of rotatable bonds is 7. The van der Waals surface area contributed by atoms with Crippen LogP contribution in [0.15, 0.2) is 35.2 Å². The zero-order valence-electron chi connectivity index (χ0n) is 16.2. The van der Waals surface area contributed by atoms with Gasteiger partial charge in [-0.2, -0.15) is 4.31 Å². The minimum atomic E-state index is -3.43. The van der Waals surface area contributed by atoms with E-state index in [2.05, 4.69) is 24.1 Å². The highest BCUT2D eigenvalue weighted by molar-refractivity contribution is 7.89. The molecule has 6 nitrogen and oxygen atoms in total. The van der Waals surface area contributed by atoms with Gasteiger partial charge in [0.2, 0.25) is 15.9 Å². The minimum absolute atomic E-state index is 0.0456. The van der Waals surface area contributed by atoms with Crippen molar-refractivity contribution in [1.82, 2.24) is 14.5 Å². The number of benzene rings is 1. The van der Waals surface area contributed by atoms with Crippen molar-refractivity contribution in [3.8, 4) is 0 Å². The molecule has 0 aliphatic carbocycles. The van der Waals surface area contributed by atoms with Crippen LogP contribution in [0.2, 0.25) is 0 Å². The zero-order valence-corrected chi connectivity index (χ0v) is 17.1. The largest absolute Gasteiger partial charge is 0.354 e. The van der Waals surface area contributed by atoms with Gasteiger partial charge in [-0.1, -0.05) is 18.2 Å². The van der Waals surface area contributed by atoms with E-state index < -0.39 is 10.0 Å². The molecule has 1 N–H and O–H groups in total. The molecule has 0 atom stereocenters. The Labute approximate surface area is 157 Å². The molecule has 146 valence electrons. The summed E-state index contributed by atoms with van der Waals surface area (Å²) >= 11 is 0. The first-order valence-corrected chi connectivity index (χ1v) is 10.6. The Morgan fingerprint density at radius 2 is 1.77 bits per heavy atom. The first kappa shape index (κ1) is 20.9. The Morgan fingerprint density at radius 1 is 1.19 bits per heavy atom. The second kappa shape index (κ2) is 8.50. The smallest absolute Gasteiger partial charge is 0.243 e. The van der Waals surface area contributed by atoms with E-state index in [1.165, 1.54) is 4.31 Å². The Morgan fingerprint density at radius 3 is 2.31 bits per heavy atom. The predicted octanol–water partition coefficient (Wildman–Crippen LogP) is 1.93. The molecule has 1 aromatic rings. The third-order valence-electron chi connectivity index (χ3n) is 5.36. The number of amides is 1. The molecule has 1 amide bonds. The highest BCUT2D eigenvalue weighted by Gasteiger charge is 2.30. The fraction of sp³-hybridized carbons (Fsp3) is 0.632. The number of nitrogens with one attached hydrogen (secondary N) is 1. The molecule has 0 spiro atoms. The highest BCUT2D eigenvalue weighted by Crippen LogP contribution is 2.25. The Bertz CT molecular complexity index is 694. The topological polar surface area (TPSA) is 69.7 Å². The quantitative estimate of drug-likeness (QED) is 0.784. The molecule has 7 heteroatoms. The normalized spacial score (nSPS) is 17.4. The fourth-order valence-corrected chi connectivity index (χ4v) is 4.39.